The Kier molecular flexibility index (Phi) is 3.62. The third-order valence-electron chi connectivity index (χ3n) is 2.59. The Hall–Kier alpha value is -2.30. The minimum Gasteiger partial charge on any atom is -0.477 e. The first-order valence-electron chi connectivity index (χ1n) is 5.58. The van der Waals surface area contributed by atoms with Crippen LogP contribution in [0.4, 0.5) is 10.5 Å². The molecule has 0 aliphatic carbocycles. The molecule has 1 aromatic carbocycles. The van der Waals surface area contributed by atoms with Crippen LogP contribution in [0.25, 0.3) is 0 Å². The summed E-state index contributed by atoms with van der Waals surface area (Å²) in [5.74, 6) is 0.422. The highest BCUT2D eigenvalue weighted by molar-refractivity contribution is 5.94. The van der Waals surface area contributed by atoms with E-state index in [-0.39, 0.29) is 12.6 Å². The summed E-state index contributed by atoms with van der Waals surface area (Å²) >= 11 is 0. The third-order valence-corrected chi connectivity index (χ3v) is 2.59. The SMILES string of the molecule is C=CC1COC(CN(C(=O)O)c2ccccc2)=N1. The molecular weight excluding hydrogens is 232 g/mol. The zero-order valence-corrected chi connectivity index (χ0v) is 9.82. The predicted molar refractivity (Wildman–Crippen MR) is 69.2 cm³/mol. The van der Waals surface area contributed by atoms with Crippen LogP contribution >= 0.6 is 0 Å². The van der Waals surface area contributed by atoms with Crippen molar-refractivity contribution in [3.63, 3.8) is 0 Å². The maximum Gasteiger partial charge on any atom is 0.412 e. The Labute approximate surface area is 105 Å². The second-order valence-electron chi connectivity index (χ2n) is 3.84. The predicted octanol–water partition coefficient (Wildman–Crippen LogP) is 2.15. The van der Waals surface area contributed by atoms with Crippen LogP contribution in [0.2, 0.25) is 0 Å². The standard InChI is InChI=1S/C13H14N2O3/c1-2-10-9-18-12(14-10)8-15(13(16)17)11-6-4-3-5-7-11/h2-7,10H,1,8-9H2,(H,16,17). The summed E-state index contributed by atoms with van der Waals surface area (Å²) in [5, 5.41) is 9.21. The van der Waals surface area contributed by atoms with Crippen molar-refractivity contribution in [1.29, 1.82) is 0 Å². The minimum absolute atomic E-state index is 0.0774. The first kappa shape index (κ1) is 12.2. The van der Waals surface area contributed by atoms with Crippen molar-refractivity contribution in [3.8, 4) is 0 Å². The zero-order valence-electron chi connectivity index (χ0n) is 9.82. The summed E-state index contributed by atoms with van der Waals surface area (Å²) in [4.78, 5) is 16.7. The third kappa shape index (κ3) is 2.68. The van der Waals surface area contributed by atoms with E-state index >= 15 is 0 Å². The van der Waals surface area contributed by atoms with Crippen molar-refractivity contribution >= 4 is 17.7 Å². The van der Waals surface area contributed by atoms with Gasteiger partial charge in [0.1, 0.15) is 19.2 Å². The lowest BCUT2D eigenvalue weighted by atomic mass is 10.3. The number of rotatable bonds is 4. The summed E-state index contributed by atoms with van der Waals surface area (Å²) < 4.78 is 5.33. The highest BCUT2D eigenvalue weighted by atomic mass is 16.5. The molecule has 0 saturated carbocycles. The molecule has 0 saturated heterocycles. The lowest BCUT2D eigenvalue weighted by molar-refractivity contribution is 0.202. The number of ether oxygens (including phenoxy) is 1. The topological polar surface area (TPSA) is 62.1 Å². The number of benzene rings is 1. The maximum absolute atomic E-state index is 11.2. The van der Waals surface area contributed by atoms with Gasteiger partial charge in [0, 0.05) is 5.69 Å². The summed E-state index contributed by atoms with van der Waals surface area (Å²) in [6.07, 6.45) is 0.648. The molecule has 1 aliphatic heterocycles. The highest BCUT2D eigenvalue weighted by Gasteiger charge is 2.22. The zero-order chi connectivity index (χ0) is 13.0. The fourth-order valence-corrected chi connectivity index (χ4v) is 1.66. The molecule has 5 nitrogen and oxygen atoms in total. The molecule has 0 radical (unpaired) electrons. The summed E-state index contributed by atoms with van der Waals surface area (Å²) in [6, 6.07) is 8.79. The number of hydrogen-bond donors (Lipinski definition) is 1. The molecule has 94 valence electrons. The number of carboxylic acid groups (broad SMARTS) is 1. The van der Waals surface area contributed by atoms with Crippen molar-refractivity contribution in [2.45, 2.75) is 6.04 Å². The Morgan fingerprint density at radius 2 is 2.28 bits per heavy atom. The number of para-hydroxylation sites is 1. The highest BCUT2D eigenvalue weighted by Crippen LogP contribution is 2.15. The van der Waals surface area contributed by atoms with E-state index < -0.39 is 6.09 Å². The monoisotopic (exact) mass is 246 g/mol. The summed E-state index contributed by atoms with van der Waals surface area (Å²) in [5.41, 5.74) is 0.596. The van der Waals surface area contributed by atoms with Crippen molar-refractivity contribution in [3.05, 3.63) is 43.0 Å². The Morgan fingerprint density at radius 3 is 2.83 bits per heavy atom. The van der Waals surface area contributed by atoms with Gasteiger partial charge in [-0.05, 0) is 12.1 Å². The van der Waals surface area contributed by atoms with Gasteiger partial charge in [-0.3, -0.25) is 4.90 Å². The summed E-state index contributed by atoms with van der Waals surface area (Å²) in [7, 11) is 0. The number of hydrogen-bond acceptors (Lipinski definition) is 3. The molecule has 1 N–H and O–H groups in total. The number of carbonyl (C=O) groups is 1. The van der Waals surface area contributed by atoms with Gasteiger partial charge < -0.3 is 9.84 Å². The van der Waals surface area contributed by atoms with Crippen LogP contribution in [0.3, 0.4) is 0 Å². The van der Waals surface area contributed by atoms with E-state index in [1.165, 1.54) is 4.90 Å². The maximum atomic E-state index is 11.2. The van der Waals surface area contributed by atoms with Crippen LogP contribution < -0.4 is 4.90 Å². The van der Waals surface area contributed by atoms with Crippen molar-refractivity contribution in [2.24, 2.45) is 4.99 Å². The van der Waals surface area contributed by atoms with Crippen molar-refractivity contribution in [1.82, 2.24) is 0 Å². The van der Waals surface area contributed by atoms with Crippen LogP contribution in [-0.4, -0.2) is 36.3 Å². The van der Waals surface area contributed by atoms with Crippen LogP contribution in [0.15, 0.2) is 48.0 Å². The molecule has 5 heteroatoms. The largest absolute Gasteiger partial charge is 0.477 e. The van der Waals surface area contributed by atoms with E-state index in [2.05, 4.69) is 11.6 Å². The number of anilines is 1. The Balaban J connectivity index is 2.13. The second-order valence-corrected chi connectivity index (χ2v) is 3.84. The second kappa shape index (κ2) is 5.35. The minimum atomic E-state index is -1.03. The van der Waals surface area contributed by atoms with Crippen LogP contribution in [0.1, 0.15) is 0 Å². The van der Waals surface area contributed by atoms with Gasteiger partial charge in [-0.25, -0.2) is 9.79 Å². The van der Waals surface area contributed by atoms with E-state index in [0.717, 1.165) is 0 Å². The van der Waals surface area contributed by atoms with Crippen LogP contribution in [-0.2, 0) is 4.74 Å². The van der Waals surface area contributed by atoms with Gasteiger partial charge in [-0.1, -0.05) is 24.3 Å². The first-order valence-corrected chi connectivity index (χ1v) is 5.58. The average Bonchev–Trinajstić information content (AvgIpc) is 2.84. The average molecular weight is 246 g/mol. The Bertz CT molecular complexity index is 470. The molecule has 1 heterocycles. The fourth-order valence-electron chi connectivity index (χ4n) is 1.66. The molecule has 2 rings (SSSR count). The van der Waals surface area contributed by atoms with E-state index in [4.69, 9.17) is 4.74 Å². The molecule has 1 aliphatic rings. The molecule has 18 heavy (non-hydrogen) atoms. The van der Waals surface area contributed by atoms with E-state index in [9.17, 15) is 9.90 Å². The summed E-state index contributed by atoms with van der Waals surface area (Å²) in [6.45, 7) is 4.18. The number of aliphatic imine (C=N–C) groups is 1. The quantitative estimate of drug-likeness (QED) is 0.828. The molecule has 0 bridgehead atoms. The van der Waals surface area contributed by atoms with E-state index in [1.54, 1.807) is 30.3 Å². The molecule has 0 fully saturated rings. The van der Waals surface area contributed by atoms with Crippen molar-refractivity contribution in [2.75, 3.05) is 18.1 Å². The lowest BCUT2D eigenvalue weighted by Gasteiger charge is -2.18. The van der Waals surface area contributed by atoms with Crippen molar-refractivity contribution < 1.29 is 14.6 Å². The van der Waals surface area contributed by atoms with E-state index in [1.807, 2.05) is 6.07 Å². The molecule has 0 spiro atoms. The van der Waals surface area contributed by atoms with Gasteiger partial charge in [0.05, 0.1) is 0 Å². The van der Waals surface area contributed by atoms with Gasteiger partial charge in [0.2, 0.25) is 5.90 Å². The molecule has 1 atom stereocenters. The molecular formula is C13H14N2O3. The van der Waals surface area contributed by atoms with Gasteiger partial charge in [-0.2, -0.15) is 0 Å². The van der Waals surface area contributed by atoms with Gasteiger partial charge in [-0.15, -0.1) is 6.58 Å². The van der Waals surface area contributed by atoms with Gasteiger partial charge >= 0.3 is 6.09 Å². The Morgan fingerprint density at radius 1 is 1.56 bits per heavy atom. The molecule has 1 unspecified atom stereocenters. The molecule has 1 aromatic rings. The fraction of sp³-hybridized carbons (Fsp3) is 0.231. The lowest BCUT2D eigenvalue weighted by Crippen LogP contribution is -2.34. The normalized spacial score (nSPS) is 17.8. The van der Waals surface area contributed by atoms with Crippen LogP contribution in [0.5, 0.6) is 0 Å². The van der Waals surface area contributed by atoms with Crippen LogP contribution in [0, 0.1) is 0 Å². The van der Waals surface area contributed by atoms with Gasteiger partial charge in [0.15, 0.2) is 0 Å². The van der Waals surface area contributed by atoms with Gasteiger partial charge in [0.25, 0.3) is 0 Å². The first-order chi connectivity index (χ1) is 8.70. The number of nitrogens with zero attached hydrogens (tertiary/aromatic N) is 2. The number of amides is 1. The van der Waals surface area contributed by atoms with E-state index in [0.29, 0.717) is 18.2 Å². The molecule has 0 aromatic heterocycles. The molecule has 1 amide bonds. The smallest absolute Gasteiger partial charge is 0.412 e.